The van der Waals surface area contributed by atoms with Crippen molar-refractivity contribution in [1.29, 1.82) is 0 Å². The van der Waals surface area contributed by atoms with Gasteiger partial charge in [0.2, 0.25) is 11.8 Å². The molecule has 1 aromatic rings. The Hall–Kier alpha value is -1.91. The molecule has 0 spiro atoms. The number of nitrogens with zero attached hydrogens (tertiary/aromatic N) is 1. The van der Waals surface area contributed by atoms with Gasteiger partial charge in [0, 0.05) is 25.6 Å². The third-order valence-corrected chi connectivity index (χ3v) is 7.69. The summed E-state index contributed by atoms with van der Waals surface area (Å²) in [6.07, 6.45) is 12.0. The zero-order valence-corrected chi connectivity index (χ0v) is 18.0. The number of rotatable bonds is 6. The zero-order valence-electron chi connectivity index (χ0n) is 18.0. The van der Waals surface area contributed by atoms with Crippen molar-refractivity contribution in [3.8, 4) is 0 Å². The molecule has 30 heavy (non-hydrogen) atoms. The van der Waals surface area contributed by atoms with Crippen LogP contribution in [0, 0.1) is 11.7 Å². The van der Waals surface area contributed by atoms with E-state index in [1.54, 1.807) is 6.07 Å². The molecule has 0 bridgehead atoms. The molecular weight excluding hydrogens is 379 g/mol. The van der Waals surface area contributed by atoms with Crippen molar-refractivity contribution < 1.29 is 14.0 Å². The Kier molecular flexibility index (Phi) is 6.74. The third kappa shape index (κ3) is 4.40. The largest absolute Gasteiger partial charge is 0.355 e. The molecule has 2 amide bonds. The smallest absolute Gasteiger partial charge is 0.230 e. The molecular formula is C25H35FN2O2. The summed E-state index contributed by atoms with van der Waals surface area (Å²) in [5.41, 5.74) is 0.166. The van der Waals surface area contributed by atoms with E-state index in [2.05, 4.69) is 10.2 Å². The quantitative estimate of drug-likeness (QED) is 0.685. The topological polar surface area (TPSA) is 49.4 Å². The summed E-state index contributed by atoms with van der Waals surface area (Å²) in [6, 6.07) is 6.94. The van der Waals surface area contributed by atoms with E-state index in [0.29, 0.717) is 31.3 Å². The van der Waals surface area contributed by atoms with Crippen LogP contribution in [0.15, 0.2) is 24.3 Å². The maximum atomic E-state index is 13.8. The van der Waals surface area contributed by atoms with Gasteiger partial charge < -0.3 is 10.2 Å². The minimum atomic E-state index is -0.617. The number of halogens is 1. The molecule has 4 rings (SSSR count). The maximum Gasteiger partial charge on any atom is 0.230 e. The molecule has 164 valence electrons. The van der Waals surface area contributed by atoms with Crippen LogP contribution >= 0.6 is 0 Å². The van der Waals surface area contributed by atoms with Crippen LogP contribution in [0.3, 0.4) is 0 Å². The van der Waals surface area contributed by atoms with E-state index < -0.39 is 5.41 Å². The lowest BCUT2D eigenvalue weighted by atomic mass is 9.78. The predicted octanol–water partition coefficient (Wildman–Crippen LogP) is 4.72. The van der Waals surface area contributed by atoms with Gasteiger partial charge in [-0.05, 0) is 68.6 Å². The van der Waals surface area contributed by atoms with Crippen LogP contribution in [0.1, 0.15) is 82.6 Å². The second-order valence-corrected chi connectivity index (χ2v) is 9.50. The Balaban J connectivity index is 1.29. The number of hydrogen-bond donors (Lipinski definition) is 1. The SMILES string of the molecule is O=C(CCCNC(=O)C1(c2cccc(F)c2)CCCC1)N1CCCC2CCCCC21. The van der Waals surface area contributed by atoms with Crippen molar-refractivity contribution in [2.75, 3.05) is 13.1 Å². The molecule has 2 saturated carbocycles. The number of carbonyl (C=O) groups excluding carboxylic acids is 2. The molecule has 3 fully saturated rings. The van der Waals surface area contributed by atoms with Crippen LogP contribution in [0.4, 0.5) is 4.39 Å². The van der Waals surface area contributed by atoms with Crippen LogP contribution in [-0.2, 0) is 15.0 Å². The lowest BCUT2D eigenvalue weighted by molar-refractivity contribution is -0.137. The number of benzene rings is 1. The van der Waals surface area contributed by atoms with Crippen molar-refractivity contribution in [2.24, 2.45) is 5.92 Å². The summed E-state index contributed by atoms with van der Waals surface area (Å²) in [5.74, 6) is 0.647. The summed E-state index contributed by atoms with van der Waals surface area (Å²) in [7, 11) is 0. The highest BCUT2D eigenvalue weighted by molar-refractivity contribution is 5.88. The monoisotopic (exact) mass is 414 g/mol. The molecule has 0 aromatic heterocycles. The number of hydrogen-bond acceptors (Lipinski definition) is 2. The van der Waals surface area contributed by atoms with E-state index in [9.17, 15) is 14.0 Å². The molecule has 3 aliphatic rings. The Labute approximate surface area is 179 Å². The molecule has 5 heteroatoms. The molecule has 2 atom stereocenters. The fraction of sp³-hybridized carbons (Fsp3) is 0.680. The van der Waals surface area contributed by atoms with Gasteiger partial charge in [-0.3, -0.25) is 9.59 Å². The number of piperidine rings is 1. The summed E-state index contributed by atoms with van der Waals surface area (Å²) >= 11 is 0. The van der Waals surface area contributed by atoms with E-state index in [0.717, 1.165) is 50.6 Å². The first kappa shape index (κ1) is 21.3. The van der Waals surface area contributed by atoms with E-state index in [1.165, 1.54) is 37.8 Å². The van der Waals surface area contributed by atoms with Crippen molar-refractivity contribution >= 4 is 11.8 Å². The molecule has 2 aliphatic carbocycles. The predicted molar refractivity (Wildman–Crippen MR) is 115 cm³/mol. The number of carbonyl (C=O) groups is 2. The van der Waals surface area contributed by atoms with Gasteiger partial charge in [-0.15, -0.1) is 0 Å². The first-order valence-electron chi connectivity index (χ1n) is 11.9. The summed E-state index contributed by atoms with van der Waals surface area (Å²) < 4.78 is 13.8. The molecule has 1 saturated heterocycles. The normalized spacial score (nSPS) is 25.6. The number of fused-ring (bicyclic) bond motifs is 1. The van der Waals surface area contributed by atoms with Gasteiger partial charge in [0.15, 0.2) is 0 Å². The molecule has 1 N–H and O–H groups in total. The zero-order chi connectivity index (χ0) is 21.0. The van der Waals surface area contributed by atoms with Crippen LogP contribution < -0.4 is 5.32 Å². The van der Waals surface area contributed by atoms with E-state index >= 15 is 0 Å². The van der Waals surface area contributed by atoms with Gasteiger partial charge in [0.25, 0.3) is 0 Å². The summed E-state index contributed by atoms with van der Waals surface area (Å²) in [5, 5.41) is 3.07. The van der Waals surface area contributed by atoms with Crippen molar-refractivity contribution in [3.05, 3.63) is 35.6 Å². The first-order chi connectivity index (χ1) is 14.6. The fourth-order valence-corrected chi connectivity index (χ4v) is 6.10. The van der Waals surface area contributed by atoms with Crippen molar-refractivity contribution in [3.63, 3.8) is 0 Å². The van der Waals surface area contributed by atoms with Gasteiger partial charge in [-0.1, -0.05) is 37.8 Å². The van der Waals surface area contributed by atoms with Crippen molar-refractivity contribution in [1.82, 2.24) is 10.2 Å². The third-order valence-electron chi connectivity index (χ3n) is 7.69. The molecule has 4 nitrogen and oxygen atoms in total. The Morgan fingerprint density at radius 3 is 2.63 bits per heavy atom. The average molecular weight is 415 g/mol. The molecule has 0 radical (unpaired) electrons. The minimum Gasteiger partial charge on any atom is -0.355 e. The highest BCUT2D eigenvalue weighted by atomic mass is 19.1. The maximum absolute atomic E-state index is 13.8. The average Bonchev–Trinajstić information content (AvgIpc) is 3.27. The Morgan fingerprint density at radius 1 is 1.07 bits per heavy atom. The van der Waals surface area contributed by atoms with Gasteiger partial charge >= 0.3 is 0 Å². The second kappa shape index (κ2) is 9.49. The minimum absolute atomic E-state index is 0.0108. The Morgan fingerprint density at radius 2 is 1.83 bits per heavy atom. The van der Waals surface area contributed by atoms with E-state index in [4.69, 9.17) is 0 Å². The van der Waals surface area contributed by atoms with Crippen LogP contribution in [0.25, 0.3) is 0 Å². The van der Waals surface area contributed by atoms with Crippen LogP contribution in [0.2, 0.25) is 0 Å². The highest BCUT2D eigenvalue weighted by Crippen LogP contribution is 2.41. The standard InChI is InChI=1S/C25H35FN2O2/c26-21-11-5-10-20(18-21)25(14-3-4-15-25)24(30)27-16-6-13-23(29)28-17-7-9-19-8-1-2-12-22(19)28/h5,10-11,18-19,22H,1-4,6-9,12-17H2,(H,27,30). The fourth-order valence-electron chi connectivity index (χ4n) is 6.10. The van der Waals surface area contributed by atoms with Gasteiger partial charge in [-0.25, -0.2) is 4.39 Å². The van der Waals surface area contributed by atoms with Gasteiger partial charge in [0.05, 0.1) is 5.41 Å². The highest BCUT2D eigenvalue weighted by Gasteiger charge is 2.42. The number of likely N-dealkylation sites (tertiary alicyclic amines) is 1. The number of amides is 2. The summed E-state index contributed by atoms with van der Waals surface area (Å²) in [6.45, 7) is 1.40. The first-order valence-corrected chi connectivity index (χ1v) is 11.9. The summed E-state index contributed by atoms with van der Waals surface area (Å²) in [4.78, 5) is 28.1. The number of nitrogens with one attached hydrogen (secondary N) is 1. The van der Waals surface area contributed by atoms with Gasteiger partial charge in [0.1, 0.15) is 5.82 Å². The van der Waals surface area contributed by atoms with Crippen LogP contribution in [-0.4, -0.2) is 35.8 Å². The lowest BCUT2D eigenvalue weighted by Gasteiger charge is -2.44. The van der Waals surface area contributed by atoms with E-state index in [-0.39, 0.29) is 17.6 Å². The van der Waals surface area contributed by atoms with Crippen LogP contribution in [0.5, 0.6) is 0 Å². The lowest BCUT2D eigenvalue weighted by Crippen LogP contribution is -2.49. The molecule has 1 aromatic carbocycles. The van der Waals surface area contributed by atoms with Gasteiger partial charge in [-0.2, -0.15) is 0 Å². The van der Waals surface area contributed by atoms with Crippen molar-refractivity contribution in [2.45, 2.75) is 88.5 Å². The molecule has 2 unspecified atom stereocenters. The second-order valence-electron chi connectivity index (χ2n) is 9.50. The Bertz CT molecular complexity index is 757. The molecule has 1 heterocycles. The molecule has 1 aliphatic heterocycles. The van der Waals surface area contributed by atoms with E-state index in [1.807, 2.05) is 6.07 Å².